The molecule has 1 N–H and O–H groups in total. The zero-order valence-corrected chi connectivity index (χ0v) is 17.4. The molecule has 0 spiro atoms. The Labute approximate surface area is 174 Å². The highest BCUT2D eigenvalue weighted by molar-refractivity contribution is 7.99. The maximum Gasteiger partial charge on any atom is 0.252 e. The van der Waals surface area contributed by atoms with E-state index in [4.69, 9.17) is 16.6 Å². The average molecular weight is 411 g/mol. The van der Waals surface area contributed by atoms with Crippen LogP contribution in [0.2, 0.25) is 5.02 Å². The first-order valence-electron chi connectivity index (χ1n) is 9.74. The second-order valence-corrected chi connectivity index (χ2v) is 8.96. The van der Waals surface area contributed by atoms with Gasteiger partial charge in [0.15, 0.2) is 0 Å². The minimum absolute atomic E-state index is 0.00899. The minimum atomic E-state index is -0.00899. The third kappa shape index (κ3) is 4.34. The number of para-hydroxylation sites is 1. The number of hydrogen-bond acceptors (Lipinski definition) is 3. The zero-order chi connectivity index (χ0) is 19.5. The molecule has 1 heterocycles. The summed E-state index contributed by atoms with van der Waals surface area (Å²) in [6, 6.07) is 17.7. The van der Waals surface area contributed by atoms with E-state index in [0.29, 0.717) is 16.5 Å². The minimum Gasteiger partial charge on any atom is -0.349 e. The van der Waals surface area contributed by atoms with Crippen LogP contribution in [0.3, 0.4) is 0 Å². The van der Waals surface area contributed by atoms with Crippen molar-refractivity contribution >= 4 is 40.2 Å². The fourth-order valence-electron chi connectivity index (χ4n) is 3.82. The molecule has 1 amide bonds. The van der Waals surface area contributed by atoms with Crippen LogP contribution in [0.25, 0.3) is 10.9 Å². The van der Waals surface area contributed by atoms with Crippen molar-refractivity contribution in [1.29, 1.82) is 0 Å². The predicted molar refractivity (Wildman–Crippen MR) is 116 cm³/mol. The van der Waals surface area contributed by atoms with Crippen LogP contribution in [-0.4, -0.2) is 16.9 Å². The molecule has 1 aliphatic rings. The van der Waals surface area contributed by atoms with Crippen molar-refractivity contribution in [2.75, 3.05) is 0 Å². The van der Waals surface area contributed by atoms with E-state index >= 15 is 0 Å². The van der Waals surface area contributed by atoms with Crippen molar-refractivity contribution < 1.29 is 4.79 Å². The Bertz CT molecular complexity index is 1010. The SMILES string of the molecule is C[C@H]1CCCC[C@@H]1NC(=O)c1cc(Sc2cccc(Cl)c2)nc2ccccc12. The summed E-state index contributed by atoms with van der Waals surface area (Å²) in [4.78, 5) is 18.9. The Hall–Kier alpha value is -2.04. The molecule has 0 aliphatic heterocycles. The van der Waals surface area contributed by atoms with Gasteiger partial charge in [0, 0.05) is 21.3 Å². The highest BCUT2D eigenvalue weighted by Gasteiger charge is 2.24. The van der Waals surface area contributed by atoms with Crippen LogP contribution in [0.5, 0.6) is 0 Å². The number of carbonyl (C=O) groups excluding carboxylic acids is 1. The van der Waals surface area contributed by atoms with E-state index < -0.39 is 0 Å². The van der Waals surface area contributed by atoms with Crippen molar-refractivity contribution in [2.45, 2.75) is 48.6 Å². The molecule has 3 nitrogen and oxygen atoms in total. The summed E-state index contributed by atoms with van der Waals surface area (Å²) in [5.41, 5.74) is 1.52. The van der Waals surface area contributed by atoms with Crippen LogP contribution < -0.4 is 5.32 Å². The molecule has 5 heteroatoms. The molecule has 4 rings (SSSR count). The van der Waals surface area contributed by atoms with Gasteiger partial charge in [-0.2, -0.15) is 0 Å². The van der Waals surface area contributed by atoms with E-state index in [2.05, 4.69) is 12.2 Å². The quantitative estimate of drug-likeness (QED) is 0.545. The molecule has 1 aliphatic carbocycles. The van der Waals surface area contributed by atoms with Gasteiger partial charge in [-0.1, -0.05) is 67.4 Å². The van der Waals surface area contributed by atoms with Crippen molar-refractivity contribution in [1.82, 2.24) is 10.3 Å². The summed E-state index contributed by atoms with van der Waals surface area (Å²) in [6.45, 7) is 2.23. The van der Waals surface area contributed by atoms with Gasteiger partial charge in [0.2, 0.25) is 0 Å². The lowest BCUT2D eigenvalue weighted by molar-refractivity contribution is 0.0911. The molecule has 3 aromatic rings. The Morgan fingerprint density at radius 3 is 2.75 bits per heavy atom. The van der Waals surface area contributed by atoms with Gasteiger partial charge in [0.25, 0.3) is 5.91 Å². The molecule has 2 atom stereocenters. The monoisotopic (exact) mass is 410 g/mol. The van der Waals surface area contributed by atoms with E-state index in [0.717, 1.165) is 27.2 Å². The van der Waals surface area contributed by atoms with Gasteiger partial charge in [-0.3, -0.25) is 4.79 Å². The van der Waals surface area contributed by atoms with Gasteiger partial charge in [0.1, 0.15) is 5.03 Å². The Kier molecular flexibility index (Phi) is 5.88. The number of nitrogens with zero attached hydrogens (tertiary/aromatic N) is 1. The van der Waals surface area contributed by atoms with E-state index in [1.165, 1.54) is 31.0 Å². The summed E-state index contributed by atoms with van der Waals surface area (Å²) in [7, 11) is 0. The number of amides is 1. The number of nitrogens with one attached hydrogen (secondary N) is 1. The molecule has 0 bridgehead atoms. The lowest BCUT2D eigenvalue weighted by atomic mass is 9.86. The second kappa shape index (κ2) is 8.54. The molecule has 144 valence electrons. The molecule has 1 saturated carbocycles. The van der Waals surface area contributed by atoms with E-state index in [-0.39, 0.29) is 11.9 Å². The van der Waals surface area contributed by atoms with Crippen molar-refractivity contribution in [3.05, 3.63) is 65.2 Å². The normalized spacial score (nSPS) is 19.5. The summed E-state index contributed by atoms with van der Waals surface area (Å²) >= 11 is 7.63. The maximum absolute atomic E-state index is 13.2. The molecule has 0 saturated heterocycles. The third-order valence-electron chi connectivity index (χ3n) is 5.38. The summed E-state index contributed by atoms with van der Waals surface area (Å²) < 4.78 is 0. The van der Waals surface area contributed by atoms with Crippen molar-refractivity contribution in [2.24, 2.45) is 5.92 Å². The van der Waals surface area contributed by atoms with Crippen LogP contribution in [-0.2, 0) is 0 Å². The predicted octanol–water partition coefficient (Wildman–Crippen LogP) is 6.35. The van der Waals surface area contributed by atoms with Crippen LogP contribution in [0.15, 0.2) is 64.5 Å². The average Bonchev–Trinajstić information content (AvgIpc) is 2.69. The van der Waals surface area contributed by atoms with E-state index in [1.807, 2.05) is 54.6 Å². The van der Waals surface area contributed by atoms with Crippen LogP contribution >= 0.6 is 23.4 Å². The van der Waals surface area contributed by atoms with Crippen molar-refractivity contribution in [3.63, 3.8) is 0 Å². The number of benzene rings is 2. The molecule has 2 aromatic carbocycles. The van der Waals surface area contributed by atoms with E-state index in [1.54, 1.807) is 0 Å². The number of rotatable bonds is 4. The van der Waals surface area contributed by atoms with Crippen molar-refractivity contribution in [3.8, 4) is 0 Å². The number of fused-ring (bicyclic) bond motifs is 1. The van der Waals surface area contributed by atoms with Crippen LogP contribution in [0.4, 0.5) is 0 Å². The number of hydrogen-bond donors (Lipinski definition) is 1. The highest BCUT2D eigenvalue weighted by Crippen LogP contribution is 2.31. The molecule has 0 unspecified atom stereocenters. The summed E-state index contributed by atoms with van der Waals surface area (Å²) in [5.74, 6) is 0.511. The number of aromatic nitrogens is 1. The molecule has 0 radical (unpaired) electrons. The van der Waals surface area contributed by atoms with Crippen LogP contribution in [0.1, 0.15) is 43.0 Å². The first kappa shape index (κ1) is 19.3. The smallest absolute Gasteiger partial charge is 0.252 e. The standard InChI is InChI=1S/C23H23ClN2OS/c1-15-7-2-4-11-20(15)26-23(27)19-14-22(25-21-12-5-3-10-18(19)21)28-17-9-6-8-16(24)13-17/h3,5-6,8-10,12-15,20H,2,4,7,11H2,1H3,(H,26,27)/t15-,20-/m0/s1. The molecule has 1 fully saturated rings. The third-order valence-corrected chi connectivity index (χ3v) is 6.53. The van der Waals surface area contributed by atoms with Gasteiger partial charge >= 0.3 is 0 Å². The van der Waals surface area contributed by atoms with Gasteiger partial charge in [0.05, 0.1) is 11.1 Å². The maximum atomic E-state index is 13.2. The fourth-order valence-corrected chi connectivity index (χ4v) is 4.97. The fraction of sp³-hybridized carbons (Fsp3) is 0.304. The van der Waals surface area contributed by atoms with Crippen LogP contribution in [0, 0.1) is 5.92 Å². The molecular formula is C23H23ClN2OS. The Balaban J connectivity index is 1.67. The van der Waals surface area contributed by atoms with Gasteiger partial charge in [-0.05, 0) is 49.1 Å². The first-order valence-corrected chi connectivity index (χ1v) is 10.9. The number of pyridine rings is 1. The Morgan fingerprint density at radius 2 is 1.93 bits per heavy atom. The lowest BCUT2D eigenvalue weighted by Gasteiger charge is -2.29. The van der Waals surface area contributed by atoms with E-state index in [9.17, 15) is 4.79 Å². The lowest BCUT2D eigenvalue weighted by Crippen LogP contribution is -2.41. The second-order valence-electron chi connectivity index (χ2n) is 7.43. The summed E-state index contributed by atoms with van der Waals surface area (Å²) in [5, 5.41) is 5.65. The van der Waals surface area contributed by atoms with Gasteiger partial charge in [-0.25, -0.2) is 4.98 Å². The first-order chi connectivity index (χ1) is 13.6. The Morgan fingerprint density at radius 1 is 1.11 bits per heavy atom. The molecule has 1 aromatic heterocycles. The highest BCUT2D eigenvalue weighted by atomic mass is 35.5. The molecular weight excluding hydrogens is 388 g/mol. The van der Waals surface area contributed by atoms with Gasteiger partial charge < -0.3 is 5.32 Å². The molecule has 28 heavy (non-hydrogen) atoms. The topological polar surface area (TPSA) is 42.0 Å². The number of halogens is 1. The number of carbonyl (C=O) groups is 1. The largest absolute Gasteiger partial charge is 0.349 e. The summed E-state index contributed by atoms with van der Waals surface area (Å²) in [6.07, 6.45) is 4.67. The van der Waals surface area contributed by atoms with Gasteiger partial charge in [-0.15, -0.1) is 0 Å². The zero-order valence-electron chi connectivity index (χ0n) is 15.8.